The van der Waals surface area contributed by atoms with Gasteiger partial charge in [-0.1, -0.05) is 30.7 Å². The summed E-state index contributed by atoms with van der Waals surface area (Å²) in [6, 6.07) is 11.3. The van der Waals surface area contributed by atoms with Gasteiger partial charge in [0.2, 0.25) is 5.88 Å². The van der Waals surface area contributed by atoms with Crippen LogP contribution in [0.15, 0.2) is 36.4 Å². The molecule has 0 aliphatic rings. The summed E-state index contributed by atoms with van der Waals surface area (Å²) in [6.45, 7) is 5.00. The lowest BCUT2D eigenvalue weighted by atomic mass is 10.2. The molecule has 0 saturated heterocycles. The molecule has 0 atom stereocenters. The third-order valence-corrected chi connectivity index (χ3v) is 2.89. The minimum Gasteiger partial charge on any atom is -0.437 e. The van der Waals surface area contributed by atoms with Crippen molar-refractivity contribution in [3.63, 3.8) is 0 Å². The molecule has 4 heteroatoms. The highest BCUT2D eigenvalue weighted by Crippen LogP contribution is 2.29. The first-order valence-corrected chi connectivity index (χ1v) is 6.72. The first-order chi connectivity index (χ1) is 9.19. The minimum atomic E-state index is 0.536. The van der Waals surface area contributed by atoms with Crippen molar-refractivity contribution in [1.82, 2.24) is 4.98 Å². The molecule has 0 fully saturated rings. The van der Waals surface area contributed by atoms with Crippen molar-refractivity contribution in [2.24, 2.45) is 0 Å². The Labute approximate surface area is 118 Å². The molecule has 0 spiro atoms. The number of hydrogen-bond acceptors (Lipinski definition) is 3. The average Bonchev–Trinajstić information content (AvgIpc) is 2.41. The molecule has 1 aromatic heterocycles. The number of ether oxygens (including phenoxy) is 1. The smallest absolute Gasteiger partial charge is 0.221 e. The number of halogens is 1. The van der Waals surface area contributed by atoms with Gasteiger partial charge in [-0.05, 0) is 37.1 Å². The monoisotopic (exact) mass is 276 g/mol. The van der Waals surface area contributed by atoms with Gasteiger partial charge in [0.15, 0.2) is 0 Å². The van der Waals surface area contributed by atoms with Gasteiger partial charge in [-0.3, -0.25) is 0 Å². The highest BCUT2D eigenvalue weighted by atomic mass is 35.5. The van der Waals surface area contributed by atoms with Gasteiger partial charge in [0.25, 0.3) is 0 Å². The van der Waals surface area contributed by atoms with Crippen LogP contribution in [0.2, 0.25) is 5.02 Å². The van der Waals surface area contributed by atoms with Crippen molar-refractivity contribution >= 4 is 17.4 Å². The predicted molar refractivity (Wildman–Crippen MR) is 79.3 cm³/mol. The molecule has 0 aliphatic heterocycles. The van der Waals surface area contributed by atoms with Gasteiger partial charge in [0, 0.05) is 12.6 Å². The van der Waals surface area contributed by atoms with Crippen LogP contribution in [0.1, 0.15) is 18.9 Å². The van der Waals surface area contributed by atoms with E-state index in [2.05, 4.69) is 17.2 Å². The van der Waals surface area contributed by atoms with Crippen LogP contribution >= 0.6 is 11.6 Å². The normalized spacial score (nSPS) is 10.3. The summed E-state index contributed by atoms with van der Waals surface area (Å²) >= 11 is 6.10. The van der Waals surface area contributed by atoms with Crippen LogP contribution in [-0.2, 0) is 0 Å². The maximum absolute atomic E-state index is 6.10. The lowest BCUT2D eigenvalue weighted by molar-refractivity contribution is 0.463. The molecule has 3 nitrogen and oxygen atoms in total. The maximum atomic E-state index is 6.10. The van der Waals surface area contributed by atoms with Crippen LogP contribution in [0.5, 0.6) is 11.6 Å². The third-order valence-electron chi connectivity index (χ3n) is 2.58. The van der Waals surface area contributed by atoms with Gasteiger partial charge >= 0.3 is 0 Å². The van der Waals surface area contributed by atoms with E-state index in [1.165, 1.54) is 0 Å². The standard InChI is InChI=1S/C15H17ClN2O/c1-3-9-17-14-5-4-6-15(18-14)19-13-10-11(2)7-8-12(13)16/h4-8,10H,3,9H2,1-2H3,(H,17,18). The van der Waals surface area contributed by atoms with E-state index < -0.39 is 0 Å². The molecule has 100 valence electrons. The molecule has 0 amide bonds. The number of benzene rings is 1. The molecule has 19 heavy (non-hydrogen) atoms. The summed E-state index contributed by atoms with van der Waals surface area (Å²) in [4.78, 5) is 4.38. The second-order valence-corrected chi connectivity index (χ2v) is 4.73. The lowest BCUT2D eigenvalue weighted by Crippen LogP contribution is -2.02. The van der Waals surface area contributed by atoms with Crippen molar-refractivity contribution in [1.29, 1.82) is 0 Å². The molecule has 0 saturated carbocycles. The Bertz CT molecular complexity index is 558. The molecule has 0 unspecified atom stereocenters. The highest BCUT2D eigenvalue weighted by Gasteiger charge is 2.05. The van der Waals surface area contributed by atoms with Crippen LogP contribution in [0.3, 0.4) is 0 Å². The Kier molecular flexibility index (Phi) is 4.63. The van der Waals surface area contributed by atoms with E-state index >= 15 is 0 Å². The summed E-state index contributed by atoms with van der Waals surface area (Å²) < 4.78 is 5.73. The zero-order chi connectivity index (χ0) is 13.7. The third kappa shape index (κ3) is 3.86. The second-order valence-electron chi connectivity index (χ2n) is 4.32. The molecule has 2 aromatic rings. The van der Waals surface area contributed by atoms with Gasteiger partial charge in [-0.15, -0.1) is 0 Å². The van der Waals surface area contributed by atoms with Crippen LogP contribution in [0.4, 0.5) is 5.82 Å². The van der Waals surface area contributed by atoms with Crippen molar-refractivity contribution in [2.45, 2.75) is 20.3 Å². The SMILES string of the molecule is CCCNc1cccc(Oc2cc(C)ccc2Cl)n1. The van der Waals surface area contributed by atoms with Gasteiger partial charge in [0.1, 0.15) is 11.6 Å². The van der Waals surface area contributed by atoms with Crippen LogP contribution in [0.25, 0.3) is 0 Å². The number of nitrogens with one attached hydrogen (secondary N) is 1. The summed E-state index contributed by atoms with van der Waals surface area (Å²) in [5, 5.41) is 3.81. The highest BCUT2D eigenvalue weighted by molar-refractivity contribution is 6.32. The van der Waals surface area contributed by atoms with Gasteiger partial charge < -0.3 is 10.1 Å². The Hall–Kier alpha value is -1.74. The lowest BCUT2D eigenvalue weighted by Gasteiger charge is -2.09. The zero-order valence-electron chi connectivity index (χ0n) is 11.1. The molecular weight excluding hydrogens is 260 g/mol. The van der Waals surface area contributed by atoms with Crippen LogP contribution in [0, 0.1) is 6.92 Å². The van der Waals surface area contributed by atoms with Crippen molar-refractivity contribution in [3.05, 3.63) is 47.0 Å². The van der Waals surface area contributed by atoms with Gasteiger partial charge in [0.05, 0.1) is 5.02 Å². The number of rotatable bonds is 5. The van der Waals surface area contributed by atoms with E-state index in [0.717, 1.165) is 24.3 Å². The molecule has 1 aromatic carbocycles. The molecule has 1 N–H and O–H groups in total. The molecule has 0 radical (unpaired) electrons. The predicted octanol–water partition coefficient (Wildman–Crippen LogP) is 4.66. The number of anilines is 1. The number of aryl methyl sites for hydroxylation is 1. The first kappa shape index (κ1) is 13.7. The Balaban J connectivity index is 2.16. The number of hydrogen-bond donors (Lipinski definition) is 1. The number of aromatic nitrogens is 1. The van der Waals surface area contributed by atoms with Gasteiger partial charge in [-0.25, -0.2) is 0 Å². The van der Waals surface area contributed by atoms with Crippen LogP contribution in [-0.4, -0.2) is 11.5 Å². The second kappa shape index (κ2) is 6.43. The number of pyridine rings is 1. The fourth-order valence-electron chi connectivity index (χ4n) is 1.62. The minimum absolute atomic E-state index is 0.536. The van der Waals surface area contributed by atoms with Gasteiger partial charge in [-0.2, -0.15) is 4.98 Å². The Morgan fingerprint density at radius 1 is 1.26 bits per heavy atom. The van der Waals surface area contributed by atoms with E-state index in [4.69, 9.17) is 16.3 Å². The van der Waals surface area contributed by atoms with Crippen LogP contribution < -0.4 is 10.1 Å². The van der Waals surface area contributed by atoms with Crippen molar-refractivity contribution in [2.75, 3.05) is 11.9 Å². The summed E-state index contributed by atoms with van der Waals surface area (Å²) in [6.07, 6.45) is 1.05. The summed E-state index contributed by atoms with van der Waals surface area (Å²) in [5.41, 5.74) is 1.10. The van der Waals surface area contributed by atoms with E-state index in [1.54, 1.807) is 0 Å². The fourth-order valence-corrected chi connectivity index (χ4v) is 1.78. The Morgan fingerprint density at radius 3 is 2.89 bits per heavy atom. The van der Waals surface area contributed by atoms with E-state index in [9.17, 15) is 0 Å². The molecular formula is C15H17ClN2O. The first-order valence-electron chi connectivity index (χ1n) is 6.34. The topological polar surface area (TPSA) is 34.1 Å². The zero-order valence-corrected chi connectivity index (χ0v) is 11.9. The average molecular weight is 277 g/mol. The van der Waals surface area contributed by atoms with E-state index in [0.29, 0.717) is 16.7 Å². The summed E-state index contributed by atoms with van der Waals surface area (Å²) in [5.74, 6) is 1.97. The van der Waals surface area contributed by atoms with Crippen molar-refractivity contribution in [3.8, 4) is 11.6 Å². The number of nitrogens with zero attached hydrogens (tertiary/aromatic N) is 1. The van der Waals surface area contributed by atoms with Crippen molar-refractivity contribution < 1.29 is 4.74 Å². The molecule has 0 aliphatic carbocycles. The molecule has 1 heterocycles. The largest absolute Gasteiger partial charge is 0.437 e. The van der Waals surface area contributed by atoms with E-state index in [1.807, 2.05) is 43.3 Å². The Morgan fingerprint density at radius 2 is 2.11 bits per heavy atom. The molecule has 2 rings (SSSR count). The molecule has 0 bridgehead atoms. The fraction of sp³-hybridized carbons (Fsp3) is 0.267. The quantitative estimate of drug-likeness (QED) is 0.862. The maximum Gasteiger partial charge on any atom is 0.221 e. The van der Waals surface area contributed by atoms with E-state index in [-0.39, 0.29) is 0 Å². The summed E-state index contributed by atoms with van der Waals surface area (Å²) in [7, 11) is 0.